The molecule has 0 saturated carbocycles. The average Bonchev–Trinajstić information content (AvgIpc) is 2.57. The Morgan fingerprint density at radius 3 is 1.23 bits per heavy atom. The van der Waals surface area contributed by atoms with Gasteiger partial charge >= 0.3 is 0 Å². The molecule has 0 aliphatic carbocycles. The zero-order valence-corrected chi connectivity index (χ0v) is 11.9. The fourth-order valence-electron chi connectivity index (χ4n) is 1.48. The lowest BCUT2D eigenvalue weighted by molar-refractivity contribution is 0.564. The Labute approximate surface area is 128 Å². The van der Waals surface area contributed by atoms with Crippen LogP contribution in [0.5, 0.6) is 0 Å². The number of hydrogen-bond donors (Lipinski definition) is 0. The number of nitrogens with zero attached hydrogens (tertiary/aromatic N) is 2. The predicted molar refractivity (Wildman–Crippen MR) is 88.6 cm³/mol. The van der Waals surface area contributed by atoms with Crippen LogP contribution in [0.2, 0.25) is 0 Å². The highest BCUT2D eigenvalue weighted by Crippen LogP contribution is 2.12. The molecule has 108 valence electrons. The van der Waals surface area contributed by atoms with Gasteiger partial charge in [-0.15, -0.1) is 0 Å². The molecule has 22 heavy (non-hydrogen) atoms. The molecule has 0 aromatic heterocycles. The van der Waals surface area contributed by atoms with Crippen molar-refractivity contribution in [1.82, 2.24) is 0 Å². The van der Waals surface area contributed by atoms with Gasteiger partial charge in [-0.2, -0.15) is 9.98 Å². The molecular formula is C18H14N2O2. The normalized spacial score (nSPS) is 8.36. The van der Waals surface area contributed by atoms with Crippen molar-refractivity contribution < 1.29 is 9.59 Å². The van der Waals surface area contributed by atoms with E-state index in [1.807, 2.05) is 24.3 Å². The second kappa shape index (κ2) is 9.56. The molecular weight excluding hydrogens is 276 g/mol. The first-order chi connectivity index (χ1) is 10.7. The third-order valence-corrected chi connectivity index (χ3v) is 2.61. The molecule has 0 aliphatic rings. The molecule has 0 N–H and O–H groups in total. The van der Waals surface area contributed by atoms with Gasteiger partial charge in [0.25, 0.3) is 0 Å². The summed E-state index contributed by atoms with van der Waals surface area (Å²) in [4.78, 5) is 26.5. The number of hydrogen-bond acceptors (Lipinski definition) is 4. The monoisotopic (exact) mass is 290 g/mol. The van der Waals surface area contributed by atoms with Crippen molar-refractivity contribution in [2.75, 3.05) is 0 Å². The average molecular weight is 290 g/mol. The van der Waals surface area contributed by atoms with E-state index in [1.54, 1.807) is 36.4 Å². The summed E-state index contributed by atoms with van der Waals surface area (Å²) in [7, 11) is 0. The molecule has 2 rings (SSSR count). The van der Waals surface area contributed by atoms with Gasteiger partial charge < -0.3 is 0 Å². The van der Waals surface area contributed by atoms with Crippen molar-refractivity contribution in [3.63, 3.8) is 0 Å². The molecule has 0 aliphatic heterocycles. The van der Waals surface area contributed by atoms with Gasteiger partial charge in [-0.1, -0.05) is 49.6 Å². The third-order valence-electron chi connectivity index (χ3n) is 2.61. The SMILES string of the molecule is C=Cc1ccc(N=C=O)cc1.C=Cc1ccc(N=C=O)cc1. The Morgan fingerprint density at radius 1 is 0.682 bits per heavy atom. The highest BCUT2D eigenvalue weighted by Gasteiger charge is 1.87. The fraction of sp³-hybridized carbons (Fsp3) is 0. The molecule has 0 unspecified atom stereocenters. The van der Waals surface area contributed by atoms with Gasteiger partial charge in [0.15, 0.2) is 0 Å². The van der Waals surface area contributed by atoms with Gasteiger partial charge in [-0.05, 0) is 35.4 Å². The van der Waals surface area contributed by atoms with E-state index < -0.39 is 0 Å². The molecule has 0 amide bonds. The van der Waals surface area contributed by atoms with E-state index in [-0.39, 0.29) is 0 Å². The van der Waals surface area contributed by atoms with Crippen LogP contribution in [0, 0.1) is 0 Å². The van der Waals surface area contributed by atoms with Gasteiger partial charge in [-0.3, -0.25) is 0 Å². The number of aliphatic imine (C=N–C) groups is 2. The van der Waals surface area contributed by atoms with E-state index >= 15 is 0 Å². The molecule has 0 atom stereocenters. The van der Waals surface area contributed by atoms with E-state index in [2.05, 4.69) is 23.1 Å². The zero-order chi connectivity index (χ0) is 16.2. The van der Waals surface area contributed by atoms with Crippen molar-refractivity contribution in [1.29, 1.82) is 0 Å². The van der Waals surface area contributed by atoms with Crippen molar-refractivity contribution in [2.45, 2.75) is 0 Å². The molecule has 4 heteroatoms. The summed E-state index contributed by atoms with van der Waals surface area (Å²) in [6.45, 7) is 7.20. The minimum absolute atomic E-state index is 0.616. The minimum atomic E-state index is 0.616. The van der Waals surface area contributed by atoms with E-state index in [0.717, 1.165) is 11.1 Å². The van der Waals surface area contributed by atoms with Crippen LogP contribution in [0.25, 0.3) is 12.2 Å². The third kappa shape index (κ3) is 5.76. The number of benzene rings is 2. The first-order valence-corrected chi connectivity index (χ1v) is 6.34. The Morgan fingerprint density at radius 2 is 1.00 bits per heavy atom. The number of isocyanates is 2. The highest BCUT2D eigenvalue weighted by molar-refractivity contribution is 5.55. The van der Waals surface area contributed by atoms with E-state index in [1.165, 1.54) is 12.2 Å². The maximum absolute atomic E-state index is 9.82. The van der Waals surface area contributed by atoms with E-state index in [4.69, 9.17) is 0 Å². The summed E-state index contributed by atoms with van der Waals surface area (Å²) in [5.41, 5.74) is 3.25. The lowest BCUT2D eigenvalue weighted by atomic mass is 10.2. The largest absolute Gasteiger partial charge is 0.240 e. The van der Waals surface area contributed by atoms with Crippen LogP contribution >= 0.6 is 0 Å². The zero-order valence-electron chi connectivity index (χ0n) is 11.9. The standard InChI is InChI=1S/2C9H7NO/c2*1-2-8-3-5-9(6-4-8)10-7-11/h2*2-6H,1H2. The Bertz CT molecular complexity index is 653. The minimum Gasteiger partial charge on any atom is -0.211 e. The molecule has 2 aromatic carbocycles. The van der Waals surface area contributed by atoms with Crippen molar-refractivity contribution in [2.24, 2.45) is 9.98 Å². The van der Waals surface area contributed by atoms with Crippen LogP contribution in [0.4, 0.5) is 11.4 Å². The molecule has 0 radical (unpaired) electrons. The maximum Gasteiger partial charge on any atom is 0.240 e. The van der Waals surface area contributed by atoms with E-state index in [0.29, 0.717) is 11.4 Å². The Hall–Kier alpha value is -3.32. The number of rotatable bonds is 4. The maximum atomic E-state index is 9.82. The molecule has 0 spiro atoms. The van der Waals surface area contributed by atoms with Gasteiger partial charge in [-0.25, -0.2) is 9.59 Å². The second-order valence-corrected chi connectivity index (χ2v) is 4.00. The summed E-state index contributed by atoms with van der Waals surface area (Å²) in [5, 5.41) is 0. The first-order valence-electron chi connectivity index (χ1n) is 6.34. The summed E-state index contributed by atoms with van der Waals surface area (Å²) in [5.74, 6) is 0. The van der Waals surface area contributed by atoms with Crippen molar-refractivity contribution in [3.05, 3.63) is 72.8 Å². The topological polar surface area (TPSA) is 58.9 Å². The summed E-state index contributed by atoms with van der Waals surface area (Å²) < 4.78 is 0. The molecule has 4 nitrogen and oxygen atoms in total. The van der Waals surface area contributed by atoms with Crippen LogP contribution in [-0.2, 0) is 9.59 Å². The van der Waals surface area contributed by atoms with Crippen LogP contribution in [-0.4, -0.2) is 12.2 Å². The van der Waals surface area contributed by atoms with Crippen LogP contribution in [0.1, 0.15) is 11.1 Å². The smallest absolute Gasteiger partial charge is 0.211 e. The highest BCUT2D eigenvalue weighted by atomic mass is 16.1. The number of carbonyl (C=O) groups excluding carboxylic acids is 2. The molecule has 0 heterocycles. The molecule has 2 aromatic rings. The lowest BCUT2D eigenvalue weighted by Gasteiger charge is -1.91. The van der Waals surface area contributed by atoms with Gasteiger partial charge in [0.1, 0.15) is 0 Å². The fourth-order valence-corrected chi connectivity index (χ4v) is 1.48. The quantitative estimate of drug-likeness (QED) is 0.610. The molecule has 0 bridgehead atoms. The summed E-state index contributed by atoms with van der Waals surface area (Å²) in [6, 6.07) is 14.3. The van der Waals surface area contributed by atoms with Crippen LogP contribution < -0.4 is 0 Å². The lowest BCUT2D eigenvalue weighted by Crippen LogP contribution is -1.68. The van der Waals surface area contributed by atoms with Crippen LogP contribution in [0.3, 0.4) is 0 Å². The molecule has 0 saturated heterocycles. The van der Waals surface area contributed by atoms with Crippen molar-refractivity contribution in [3.8, 4) is 0 Å². The van der Waals surface area contributed by atoms with E-state index in [9.17, 15) is 9.59 Å². The molecule has 0 fully saturated rings. The van der Waals surface area contributed by atoms with Crippen LogP contribution in [0.15, 0.2) is 71.7 Å². The Kier molecular flexibility index (Phi) is 7.27. The Balaban J connectivity index is 0.000000220. The van der Waals surface area contributed by atoms with Crippen molar-refractivity contribution >= 4 is 35.7 Å². The predicted octanol–water partition coefficient (Wildman–Crippen LogP) is 4.59. The van der Waals surface area contributed by atoms with Gasteiger partial charge in [0.2, 0.25) is 12.2 Å². The summed E-state index contributed by atoms with van der Waals surface area (Å²) in [6.07, 6.45) is 6.40. The van der Waals surface area contributed by atoms with Gasteiger partial charge in [0.05, 0.1) is 11.4 Å². The second-order valence-electron chi connectivity index (χ2n) is 4.00. The van der Waals surface area contributed by atoms with Gasteiger partial charge in [0, 0.05) is 0 Å². The first kappa shape index (κ1) is 16.7. The summed E-state index contributed by atoms with van der Waals surface area (Å²) >= 11 is 0.